The number of nitrogens with one attached hydrogen (secondary N) is 2. The van der Waals surface area contributed by atoms with Crippen LogP contribution in [-0.4, -0.2) is 39.0 Å². The molecule has 0 aromatic heterocycles. The first-order chi connectivity index (χ1) is 29.9. The molecule has 12 heteroatoms. The Balaban J connectivity index is 0.000000238. The van der Waals surface area contributed by atoms with Gasteiger partial charge in [-0.05, 0) is 189 Å². The Kier molecular flexibility index (Phi) is 16.1. The van der Waals surface area contributed by atoms with Crippen LogP contribution in [0, 0.1) is 34.6 Å². The molecule has 0 radical (unpaired) electrons. The number of hydrogen-bond donors (Lipinski definition) is 4. The molecule has 0 aliphatic heterocycles. The highest BCUT2D eigenvalue weighted by Gasteiger charge is 2.24. The molecule has 0 fully saturated rings. The fourth-order valence-electron chi connectivity index (χ4n) is 7.19. The summed E-state index contributed by atoms with van der Waals surface area (Å²) in [6.45, 7) is 11.8. The lowest BCUT2D eigenvalue weighted by Gasteiger charge is -2.19. The van der Waals surface area contributed by atoms with E-state index < -0.39 is 32.0 Å². The van der Waals surface area contributed by atoms with Crippen LogP contribution in [0.25, 0.3) is 0 Å². The van der Waals surface area contributed by atoms with E-state index in [1.165, 1.54) is 0 Å². The number of aromatic carboxylic acids is 2. The Morgan fingerprint density at radius 3 is 1.08 bits per heavy atom. The second-order valence-electron chi connectivity index (χ2n) is 15.8. The van der Waals surface area contributed by atoms with Gasteiger partial charge in [0.1, 0.15) is 0 Å². The number of rotatable bonds is 17. The predicted molar refractivity (Wildman–Crippen MR) is 251 cm³/mol. The minimum atomic E-state index is -3.71. The highest BCUT2D eigenvalue weighted by molar-refractivity contribution is 7.93. The molecular formula is C51H56N2O8S2. The maximum absolute atomic E-state index is 13.2. The van der Waals surface area contributed by atoms with Gasteiger partial charge in [0.15, 0.2) is 0 Å². The van der Waals surface area contributed by atoms with Crippen LogP contribution in [0.4, 0.5) is 11.4 Å². The average molecular weight is 889 g/mol. The standard InChI is InChI=1S/C26H29NO4S.C25H27NO4S/c1-16-17(2)19(4)25(20(5)18(16)3)32(30,31)27-24-14-10-22(11-15-24)7-6-21-8-12-23(13-9-21)26(28)29;1-2-3-4-19-11-17-24(18-12-19)31(29,30)26-23-15-9-21(10-16-23)6-5-20-7-13-22(14-8-20)25(27)28/h8-15,27H,6-7H2,1-5H3,(H,28,29);7-18,26H,2-6H2,1H3,(H,27,28). The van der Waals surface area contributed by atoms with E-state index >= 15 is 0 Å². The summed E-state index contributed by atoms with van der Waals surface area (Å²) in [4.78, 5) is 22.5. The number of carboxylic acid groups (broad SMARTS) is 2. The van der Waals surface area contributed by atoms with Crippen LogP contribution in [0.15, 0.2) is 131 Å². The van der Waals surface area contributed by atoms with Crippen LogP contribution < -0.4 is 9.44 Å². The van der Waals surface area contributed by atoms with Gasteiger partial charge in [-0.2, -0.15) is 0 Å². The molecule has 0 atom stereocenters. The zero-order valence-corrected chi connectivity index (χ0v) is 38.3. The molecule has 0 amide bonds. The van der Waals surface area contributed by atoms with Crippen LogP contribution >= 0.6 is 0 Å². The molecule has 0 saturated carbocycles. The molecule has 63 heavy (non-hydrogen) atoms. The molecule has 0 aliphatic rings. The summed E-state index contributed by atoms with van der Waals surface area (Å²) in [5.41, 5.74) is 11.7. The topological polar surface area (TPSA) is 167 Å². The van der Waals surface area contributed by atoms with Gasteiger partial charge in [-0.15, -0.1) is 0 Å². The smallest absolute Gasteiger partial charge is 0.335 e. The molecule has 0 heterocycles. The van der Waals surface area contributed by atoms with Crippen LogP contribution in [0.5, 0.6) is 0 Å². The van der Waals surface area contributed by atoms with Gasteiger partial charge in [0, 0.05) is 11.4 Å². The Bertz CT molecular complexity index is 2720. The zero-order valence-electron chi connectivity index (χ0n) is 36.7. The van der Waals surface area contributed by atoms with E-state index in [0.29, 0.717) is 16.3 Å². The number of benzene rings is 6. The highest BCUT2D eigenvalue weighted by Crippen LogP contribution is 2.31. The first-order valence-corrected chi connectivity index (χ1v) is 23.9. The quantitative estimate of drug-likeness (QED) is 0.0702. The fraction of sp³-hybridized carbons (Fsp3) is 0.255. The number of anilines is 2. The Morgan fingerprint density at radius 1 is 0.429 bits per heavy atom. The molecule has 0 saturated heterocycles. The summed E-state index contributed by atoms with van der Waals surface area (Å²) in [5.74, 6) is -1.87. The van der Waals surface area contributed by atoms with Crippen molar-refractivity contribution >= 4 is 43.4 Å². The maximum atomic E-state index is 13.2. The number of aryl methyl sites for hydroxylation is 5. The van der Waals surface area contributed by atoms with Crippen molar-refractivity contribution in [1.29, 1.82) is 0 Å². The van der Waals surface area contributed by atoms with Crippen molar-refractivity contribution in [2.45, 2.75) is 96.3 Å². The normalized spacial score (nSPS) is 11.3. The lowest BCUT2D eigenvalue weighted by molar-refractivity contribution is 0.0686. The number of sulfonamides is 2. The summed E-state index contributed by atoms with van der Waals surface area (Å²) in [6.07, 6.45) is 6.24. The number of carboxylic acids is 2. The van der Waals surface area contributed by atoms with Crippen molar-refractivity contribution in [3.8, 4) is 0 Å². The van der Waals surface area contributed by atoms with Gasteiger partial charge in [-0.1, -0.05) is 74.0 Å². The van der Waals surface area contributed by atoms with E-state index in [4.69, 9.17) is 10.2 Å². The van der Waals surface area contributed by atoms with Crippen molar-refractivity contribution in [3.05, 3.63) is 188 Å². The van der Waals surface area contributed by atoms with Gasteiger partial charge in [0.25, 0.3) is 20.0 Å². The van der Waals surface area contributed by atoms with Gasteiger partial charge in [-0.3, -0.25) is 9.44 Å². The third-order valence-electron chi connectivity index (χ3n) is 11.5. The zero-order chi connectivity index (χ0) is 45.9. The molecule has 10 nitrogen and oxygen atoms in total. The van der Waals surface area contributed by atoms with Crippen molar-refractivity contribution in [3.63, 3.8) is 0 Å². The van der Waals surface area contributed by atoms with Crippen molar-refractivity contribution in [2.24, 2.45) is 0 Å². The van der Waals surface area contributed by atoms with Crippen LogP contribution in [-0.2, 0) is 52.2 Å². The fourth-order valence-corrected chi connectivity index (χ4v) is 9.91. The second kappa shape index (κ2) is 21.2. The Labute approximate surface area is 372 Å². The summed E-state index contributed by atoms with van der Waals surface area (Å²) >= 11 is 0. The monoisotopic (exact) mass is 888 g/mol. The van der Waals surface area contributed by atoms with Crippen molar-refractivity contribution in [2.75, 3.05) is 9.44 Å². The van der Waals surface area contributed by atoms with E-state index in [-0.39, 0.29) is 16.0 Å². The van der Waals surface area contributed by atoms with Crippen LogP contribution in [0.1, 0.15) is 96.1 Å². The highest BCUT2D eigenvalue weighted by atomic mass is 32.2. The minimum Gasteiger partial charge on any atom is -0.478 e. The second-order valence-corrected chi connectivity index (χ2v) is 19.1. The minimum absolute atomic E-state index is 0.252. The molecule has 0 spiro atoms. The number of carbonyl (C=O) groups is 2. The molecule has 330 valence electrons. The summed E-state index contributed by atoms with van der Waals surface area (Å²) < 4.78 is 57.0. The third-order valence-corrected chi connectivity index (χ3v) is 14.5. The summed E-state index contributed by atoms with van der Waals surface area (Å²) in [6, 6.07) is 35.4. The molecular weight excluding hydrogens is 833 g/mol. The van der Waals surface area contributed by atoms with Crippen molar-refractivity contribution in [1.82, 2.24) is 0 Å². The van der Waals surface area contributed by atoms with Gasteiger partial charge in [-0.25, -0.2) is 26.4 Å². The Morgan fingerprint density at radius 2 is 0.730 bits per heavy atom. The predicted octanol–water partition coefficient (Wildman–Crippen LogP) is 10.8. The van der Waals surface area contributed by atoms with Gasteiger partial charge in [0.2, 0.25) is 0 Å². The van der Waals surface area contributed by atoms with Gasteiger partial charge in [0.05, 0.1) is 20.9 Å². The van der Waals surface area contributed by atoms with Crippen molar-refractivity contribution < 1.29 is 36.6 Å². The molecule has 6 rings (SSSR count). The third kappa shape index (κ3) is 12.9. The average Bonchev–Trinajstić information content (AvgIpc) is 3.27. The first-order valence-electron chi connectivity index (χ1n) is 20.9. The van der Waals surface area contributed by atoms with Crippen LogP contribution in [0.3, 0.4) is 0 Å². The first kappa shape index (κ1) is 47.8. The summed E-state index contributed by atoms with van der Waals surface area (Å²) in [7, 11) is -7.34. The molecule has 0 bridgehead atoms. The maximum Gasteiger partial charge on any atom is 0.335 e. The molecule has 0 unspecified atom stereocenters. The largest absolute Gasteiger partial charge is 0.478 e. The lowest BCUT2D eigenvalue weighted by atomic mass is 9.95. The lowest BCUT2D eigenvalue weighted by Crippen LogP contribution is -2.17. The van der Waals surface area contributed by atoms with E-state index in [1.54, 1.807) is 60.7 Å². The van der Waals surface area contributed by atoms with E-state index in [2.05, 4.69) is 16.4 Å². The Hall–Kier alpha value is -6.24. The van der Waals surface area contributed by atoms with E-state index in [0.717, 1.165) is 101 Å². The summed E-state index contributed by atoms with van der Waals surface area (Å²) in [5, 5.41) is 17.9. The van der Waals surface area contributed by atoms with E-state index in [1.807, 2.05) is 95.3 Å². The molecule has 4 N–H and O–H groups in total. The van der Waals surface area contributed by atoms with Gasteiger partial charge >= 0.3 is 11.9 Å². The van der Waals surface area contributed by atoms with Crippen LogP contribution in [0.2, 0.25) is 0 Å². The van der Waals surface area contributed by atoms with E-state index in [9.17, 15) is 26.4 Å². The molecule has 0 aliphatic carbocycles. The molecule has 6 aromatic rings. The van der Waals surface area contributed by atoms with Gasteiger partial charge < -0.3 is 10.2 Å². The SMILES string of the molecule is CCCCc1ccc(S(=O)(=O)Nc2ccc(CCc3ccc(C(=O)O)cc3)cc2)cc1.Cc1c(C)c(C)c(S(=O)(=O)Nc2ccc(CCc3ccc(C(=O)O)cc3)cc2)c(C)c1C. The number of unbranched alkanes of at least 4 members (excludes halogenated alkanes) is 1. The number of hydrogen-bond acceptors (Lipinski definition) is 6. The molecule has 6 aromatic carbocycles.